The van der Waals surface area contributed by atoms with Crippen LogP contribution in [0.4, 0.5) is 0 Å². The highest BCUT2D eigenvalue weighted by Crippen LogP contribution is 2.18. The third kappa shape index (κ3) is 2.96. The van der Waals surface area contributed by atoms with E-state index in [0.29, 0.717) is 5.92 Å². The molecule has 0 fully saturated rings. The van der Waals surface area contributed by atoms with Crippen LogP contribution in [0.1, 0.15) is 41.0 Å². The maximum atomic E-state index is 3.39. The molecule has 0 atom stereocenters. The molecule has 1 aliphatic heterocycles. The molecule has 0 amide bonds. The smallest absolute Gasteiger partial charge is 0.0181 e. The molecule has 0 saturated carbocycles. The lowest BCUT2D eigenvalue weighted by Crippen LogP contribution is -2.11. The lowest BCUT2D eigenvalue weighted by molar-refractivity contribution is 0.690. The molecule has 0 saturated heterocycles. The summed E-state index contributed by atoms with van der Waals surface area (Å²) in [7, 11) is 0. The molecule has 0 aliphatic carbocycles. The first-order chi connectivity index (χ1) is 5.22. The minimum absolute atomic E-state index is 0.687. The second-order valence-electron chi connectivity index (χ2n) is 3.03. The quantitative estimate of drug-likeness (QED) is 0.614. The van der Waals surface area contributed by atoms with Gasteiger partial charge in [-0.05, 0) is 19.3 Å². The zero-order chi connectivity index (χ0) is 8.85. The fourth-order valence-electron chi connectivity index (χ4n) is 1.37. The van der Waals surface area contributed by atoms with E-state index in [9.17, 15) is 0 Å². The van der Waals surface area contributed by atoms with E-state index in [1.165, 1.54) is 12.1 Å². The van der Waals surface area contributed by atoms with Crippen molar-refractivity contribution in [2.45, 2.75) is 41.0 Å². The molecule has 0 radical (unpaired) electrons. The second-order valence-corrected chi connectivity index (χ2v) is 3.03. The van der Waals surface area contributed by atoms with E-state index in [0.717, 1.165) is 6.54 Å². The molecule has 1 N–H and O–H groups in total. The van der Waals surface area contributed by atoms with Gasteiger partial charge in [-0.2, -0.15) is 0 Å². The lowest BCUT2D eigenvalue weighted by Gasteiger charge is -2.07. The van der Waals surface area contributed by atoms with Gasteiger partial charge in [0.05, 0.1) is 0 Å². The van der Waals surface area contributed by atoms with Crippen LogP contribution in [-0.4, -0.2) is 6.54 Å². The van der Waals surface area contributed by atoms with Gasteiger partial charge in [-0.15, -0.1) is 0 Å². The van der Waals surface area contributed by atoms with Crippen LogP contribution < -0.4 is 5.32 Å². The highest BCUT2D eigenvalue weighted by Gasteiger charge is 2.11. The van der Waals surface area contributed by atoms with E-state index in [1.807, 2.05) is 13.8 Å². The first-order valence-electron chi connectivity index (χ1n) is 4.65. The normalized spacial score (nSPS) is 16.2. The molecular formula is C10H21N. The maximum Gasteiger partial charge on any atom is 0.0181 e. The number of allylic oxidation sites excluding steroid dienone is 1. The molecule has 1 heteroatoms. The van der Waals surface area contributed by atoms with Crippen molar-refractivity contribution < 1.29 is 0 Å². The minimum Gasteiger partial charge on any atom is -0.388 e. The Morgan fingerprint density at radius 2 is 1.82 bits per heavy atom. The summed E-state index contributed by atoms with van der Waals surface area (Å²) in [6.45, 7) is 11.8. The lowest BCUT2D eigenvalue weighted by atomic mass is 10.1. The van der Waals surface area contributed by atoms with Crippen molar-refractivity contribution in [2.75, 3.05) is 6.54 Å². The molecule has 1 nitrogen and oxygen atoms in total. The Kier molecular flexibility index (Phi) is 5.01. The number of nitrogens with one attached hydrogen (secondary N) is 1. The van der Waals surface area contributed by atoms with Crippen molar-refractivity contribution in [3.8, 4) is 0 Å². The van der Waals surface area contributed by atoms with Crippen LogP contribution >= 0.6 is 0 Å². The van der Waals surface area contributed by atoms with Gasteiger partial charge in [-0.1, -0.05) is 33.3 Å². The van der Waals surface area contributed by atoms with Gasteiger partial charge in [0.15, 0.2) is 0 Å². The Morgan fingerprint density at radius 1 is 1.27 bits per heavy atom. The summed E-state index contributed by atoms with van der Waals surface area (Å²) in [6.07, 6.45) is 1.24. The van der Waals surface area contributed by atoms with Crippen molar-refractivity contribution in [1.29, 1.82) is 0 Å². The SMILES string of the molecule is CC.CC1=C(C(C)C)NCC1. The molecule has 0 aromatic rings. The van der Waals surface area contributed by atoms with Crippen LogP contribution in [0.5, 0.6) is 0 Å². The molecule has 0 spiro atoms. The van der Waals surface area contributed by atoms with Crippen molar-refractivity contribution in [3.63, 3.8) is 0 Å². The van der Waals surface area contributed by atoms with E-state index in [1.54, 1.807) is 5.57 Å². The Hall–Kier alpha value is -0.460. The van der Waals surface area contributed by atoms with Gasteiger partial charge in [-0.25, -0.2) is 0 Å². The van der Waals surface area contributed by atoms with Gasteiger partial charge in [0.2, 0.25) is 0 Å². The first kappa shape index (κ1) is 10.5. The Balaban J connectivity index is 0.000000461. The molecule has 1 aliphatic rings. The number of hydrogen-bond donors (Lipinski definition) is 1. The standard InChI is InChI=1S/C8H15N.C2H6/c1-6(2)8-7(3)4-5-9-8;1-2/h6,9H,4-5H2,1-3H3;1-2H3. The summed E-state index contributed by atoms with van der Waals surface area (Å²) in [4.78, 5) is 0. The first-order valence-corrected chi connectivity index (χ1v) is 4.65. The van der Waals surface area contributed by atoms with Crippen LogP contribution in [-0.2, 0) is 0 Å². The highest BCUT2D eigenvalue weighted by atomic mass is 14.9. The van der Waals surface area contributed by atoms with Crippen LogP contribution in [0.15, 0.2) is 11.3 Å². The monoisotopic (exact) mass is 155 g/mol. The van der Waals surface area contributed by atoms with E-state index >= 15 is 0 Å². The van der Waals surface area contributed by atoms with Crippen molar-refractivity contribution >= 4 is 0 Å². The summed E-state index contributed by atoms with van der Waals surface area (Å²) in [5, 5.41) is 3.39. The van der Waals surface area contributed by atoms with E-state index in [-0.39, 0.29) is 0 Å². The Labute approximate surface area is 70.9 Å². The molecule has 1 rings (SSSR count). The summed E-state index contributed by atoms with van der Waals surface area (Å²) < 4.78 is 0. The van der Waals surface area contributed by atoms with E-state index < -0.39 is 0 Å². The molecular weight excluding hydrogens is 134 g/mol. The number of rotatable bonds is 1. The molecule has 11 heavy (non-hydrogen) atoms. The van der Waals surface area contributed by atoms with Crippen molar-refractivity contribution in [2.24, 2.45) is 5.92 Å². The Morgan fingerprint density at radius 3 is 2.00 bits per heavy atom. The molecule has 0 bridgehead atoms. The molecule has 66 valence electrons. The summed E-state index contributed by atoms with van der Waals surface area (Å²) >= 11 is 0. The topological polar surface area (TPSA) is 12.0 Å². The fourth-order valence-corrected chi connectivity index (χ4v) is 1.37. The average molecular weight is 155 g/mol. The molecule has 0 aromatic heterocycles. The van der Waals surface area contributed by atoms with E-state index in [4.69, 9.17) is 0 Å². The van der Waals surface area contributed by atoms with Gasteiger partial charge in [0.25, 0.3) is 0 Å². The molecule has 1 heterocycles. The Bertz CT molecular complexity index is 134. The maximum absolute atomic E-state index is 3.39. The largest absolute Gasteiger partial charge is 0.388 e. The van der Waals surface area contributed by atoms with Gasteiger partial charge in [0.1, 0.15) is 0 Å². The molecule has 0 aromatic carbocycles. The van der Waals surface area contributed by atoms with Crippen molar-refractivity contribution in [1.82, 2.24) is 5.32 Å². The van der Waals surface area contributed by atoms with Crippen molar-refractivity contribution in [3.05, 3.63) is 11.3 Å². The number of hydrogen-bond acceptors (Lipinski definition) is 1. The van der Waals surface area contributed by atoms with Crippen LogP contribution in [0.25, 0.3) is 0 Å². The van der Waals surface area contributed by atoms with Crippen LogP contribution in [0.3, 0.4) is 0 Å². The summed E-state index contributed by atoms with van der Waals surface area (Å²) in [6, 6.07) is 0. The average Bonchev–Trinajstić information content (AvgIpc) is 2.39. The van der Waals surface area contributed by atoms with Crippen LogP contribution in [0, 0.1) is 5.92 Å². The predicted octanol–water partition coefficient (Wildman–Crippen LogP) is 2.94. The zero-order valence-corrected chi connectivity index (χ0v) is 8.49. The summed E-state index contributed by atoms with van der Waals surface area (Å²) in [5.41, 5.74) is 3.01. The van der Waals surface area contributed by atoms with Crippen LogP contribution in [0.2, 0.25) is 0 Å². The highest BCUT2D eigenvalue weighted by molar-refractivity contribution is 5.17. The second kappa shape index (κ2) is 5.22. The third-order valence-electron chi connectivity index (χ3n) is 1.85. The minimum atomic E-state index is 0.687. The van der Waals surface area contributed by atoms with Gasteiger partial charge >= 0.3 is 0 Å². The van der Waals surface area contributed by atoms with Gasteiger partial charge < -0.3 is 5.32 Å². The fraction of sp³-hybridized carbons (Fsp3) is 0.800. The van der Waals surface area contributed by atoms with E-state index in [2.05, 4.69) is 26.1 Å². The predicted molar refractivity (Wildman–Crippen MR) is 51.5 cm³/mol. The van der Waals surface area contributed by atoms with Gasteiger partial charge in [0, 0.05) is 12.2 Å². The third-order valence-corrected chi connectivity index (χ3v) is 1.85. The molecule has 0 unspecified atom stereocenters. The van der Waals surface area contributed by atoms with Gasteiger partial charge in [-0.3, -0.25) is 0 Å². The summed E-state index contributed by atoms with van der Waals surface area (Å²) in [5.74, 6) is 0.687. The zero-order valence-electron chi connectivity index (χ0n) is 8.49.